The highest BCUT2D eigenvalue weighted by Gasteiger charge is 2.27. The normalized spacial score (nSPS) is 12.7. The quantitative estimate of drug-likeness (QED) is 0.112. The van der Waals surface area contributed by atoms with Crippen molar-refractivity contribution in [3.63, 3.8) is 0 Å². The fourth-order valence-corrected chi connectivity index (χ4v) is 10.9. The molecule has 0 saturated carbocycles. The molecule has 0 atom stereocenters. The van der Waals surface area contributed by atoms with Gasteiger partial charge in [-0.1, -0.05) is 225 Å². The molecule has 8 aromatic carbocycles. The first kappa shape index (κ1) is 53.0. The van der Waals surface area contributed by atoms with Gasteiger partial charge in [0.2, 0.25) is 0 Å². The van der Waals surface area contributed by atoms with Crippen LogP contribution < -0.4 is 9.30 Å². The first-order valence-electron chi connectivity index (χ1n) is 28.1. The van der Waals surface area contributed by atoms with Crippen LogP contribution in [0, 0.1) is 6.33 Å². The van der Waals surface area contributed by atoms with E-state index in [0.29, 0.717) is 0 Å². The topological polar surface area (TPSA) is 35.9 Å². The summed E-state index contributed by atoms with van der Waals surface area (Å²) in [6, 6.07) is 66.6. The zero-order valence-electron chi connectivity index (χ0n) is 49.1. The molecule has 0 aliphatic heterocycles. The van der Waals surface area contributed by atoms with Crippen LogP contribution in [0.1, 0.15) is 132 Å². The molecule has 11 rings (SSSR count). The van der Waals surface area contributed by atoms with Gasteiger partial charge in [0.05, 0.1) is 33.4 Å². The summed E-state index contributed by atoms with van der Waals surface area (Å²) in [4.78, 5) is 5.00. The van der Waals surface area contributed by atoms with Crippen molar-refractivity contribution in [3.8, 4) is 62.1 Å². The molecule has 0 aliphatic rings. The molecule has 0 unspecified atom stereocenters. The predicted molar refractivity (Wildman–Crippen MR) is 332 cm³/mol. The third-order valence-electron chi connectivity index (χ3n) is 15.8. The van der Waals surface area contributed by atoms with Crippen molar-refractivity contribution >= 4 is 32.8 Å². The van der Waals surface area contributed by atoms with Crippen LogP contribution in [0.15, 0.2) is 188 Å². The van der Waals surface area contributed by atoms with E-state index < -0.39 is 0 Å². The molecule has 0 saturated heterocycles. The van der Waals surface area contributed by atoms with Crippen LogP contribution in [0.4, 0.5) is 0 Å². The molecule has 5 heteroatoms. The SMILES string of the molecule is CC(C)(C)c1cc(-c2cccc(-c3cc(C(C)(C)C)cc(C(C)(C)C)c3)c2-[n+]2[c-]n(-c3cccc(Oc4ccc5c6cc(-c7ccccc7)ccc6n(-c6cc(C(C)(C)C)ccn6)c5c4)c3)c3ccccc32)cc(C(C)(C)C)c1. The number of hydrogen-bond donors (Lipinski definition) is 0. The van der Waals surface area contributed by atoms with Crippen molar-refractivity contribution in [3.05, 3.63) is 222 Å². The van der Waals surface area contributed by atoms with Crippen molar-refractivity contribution in [2.75, 3.05) is 0 Å². The number of pyridine rings is 1. The average molecular weight is 1040 g/mol. The Labute approximate surface area is 469 Å². The minimum atomic E-state index is -0.0646. The summed E-state index contributed by atoms with van der Waals surface area (Å²) < 4.78 is 13.7. The van der Waals surface area contributed by atoms with Gasteiger partial charge in [-0.15, -0.1) is 0 Å². The van der Waals surface area contributed by atoms with Crippen molar-refractivity contribution < 1.29 is 9.30 Å². The van der Waals surface area contributed by atoms with E-state index in [1.807, 2.05) is 12.3 Å². The van der Waals surface area contributed by atoms with E-state index in [0.717, 1.165) is 72.7 Å². The number of aromatic nitrogens is 4. The van der Waals surface area contributed by atoms with Crippen LogP contribution in [0.5, 0.6) is 11.5 Å². The highest BCUT2D eigenvalue weighted by molar-refractivity contribution is 6.10. The number of hydrogen-bond acceptors (Lipinski definition) is 2. The van der Waals surface area contributed by atoms with Gasteiger partial charge in [-0.3, -0.25) is 13.7 Å². The Bertz CT molecular complexity index is 3960. The lowest BCUT2D eigenvalue weighted by molar-refractivity contribution is -0.571. The van der Waals surface area contributed by atoms with E-state index in [1.54, 1.807) is 0 Å². The van der Waals surface area contributed by atoms with Crippen LogP contribution in [-0.2, 0) is 27.1 Å². The molecule has 0 spiro atoms. The molecular formula is C74H76N4O. The predicted octanol–water partition coefficient (Wildman–Crippen LogP) is 19.5. The van der Waals surface area contributed by atoms with E-state index in [-0.39, 0.29) is 27.1 Å². The second-order valence-electron chi connectivity index (χ2n) is 26.9. The maximum atomic E-state index is 6.95. The zero-order chi connectivity index (χ0) is 56.0. The van der Waals surface area contributed by atoms with Gasteiger partial charge in [-0.25, -0.2) is 4.98 Å². The number of para-hydroxylation sites is 3. The van der Waals surface area contributed by atoms with Crippen molar-refractivity contribution in [1.82, 2.24) is 14.1 Å². The lowest BCUT2D eigenvalue weighted by Gasteiger charge is -2.28. The summed E-state index contributed by atoms with van der Waals surface area (Å²) in [5.74, 6) is 2.33. The van der Waals surface area contributed by atoms with Crippen molar-refractivity contribution in [2.45, 2.75) is 131 Å². The maximum absolute atomic E-state index is 6.95. The van der Waals surface area contributed by atoms with E-state index >= 15 is 0 Å². The third-order valence-corrected chi connectivity index (χ3v) is 15.8. The fraction of sp³-hybridized carbons (Fsp3) is 0.270. The van der Waals surface area contributed by atoms with Gasteiger partial charge in [-0.2, -0.15) is 0 Å². The van der Waals surface area contributed by atoms with Crippen LogP contribution >= 0.6 is 0 Å². The summed E-state index contributed by atoms with van der Waals surface area (Å²) in [6.45, 7) is 34.6. The number of rotatable bonds is 8. The van der Waals surface area contributed by atoms with Gasteiger partial charge in [0.1, 0.15) is 17.3 Å². The van der Waals surface area contributed by atoms with Crippen LogP contribution in [0.2, 0.25) is 0 Å². The Morgan fingerprint density at radius 2 is 0.949 bits per heavy atom. The maximum Gasteiger partial charge on any atom is 0.269 e. The minimum Gasteiger partial charge on any atom is -0.458 e. The Morgan fingerprint density at radius 3 is 1.54 bits per heavy atom. The van der Waals surface area contributed by atoms with Gasteiger partial charge in [0, 0.05) is 23.0 Å². The summed E-state index contributed by atoms with van der Waals surface area (Å²) in [5.41, 5.74) is 19.4. The van der Waals surface area contributed by atoms with Gasteiger partial charge >= 0.3 is 0 Å². The second-order valence-corrected chi connectivity index (χ2v) is 26.9. The summed E-state index contributed by atoms with van der Waals surface area (Å²) in [7, 11) is 0. The second kappa shape index (κ2) is 19.4. The summed E-state index contributed by atoms with van der Waals surface area (Å²) in [6.07, 6.45) is 5.91. The van der Waals surface area contributed by atoms with Gasteiger partial charge < -0.3 is 4.74 Å². The largest absolute Gasteiger partial charge is 0.458 e. The molecule has 398 valence electrons. The molecule has 5 nitrogen and oxygen atoms in total. The third kappa shape index (κ3) is 10.3. The highest BCUT2D eigenvalue weighted by Crippen LogP contribution is 2.43. The molecule has 0 N–H and O–H groups in total. The Kier molecular flexibility index (Phi) is 13.0. The first-order valence-corrected chi connectivity index (χ1v) is 28.1. The molecule has 0 fully saturated rings. The monoisotopic (exact) mass is 1040 g/mol. The van der Waals surface area contributed by atoms with Crippen molar-refractivity contribution in [1.29, 1.82) is 0 Å². The summed E-state index contributed by atoms with van der Waals surface area (Å²) >= 11 is 0. The highest BCUT2D eigenvalue weighted by atomic mass is 16.5. The number of nitrogens with zero attached hydrogens (tertiary/aromatic N) is 4. The zero-order valence-corrected chi connectivity index (χ0v) is 49.1. The molecule has 0 bridgehead atoms. The smallest absolute Gasteiger partial charge is 0.269 e. The lowest BCUT2D eigenvalue weighted by Crippen LogP contribution is -2.31. The Morgan fingerprint density at radius 1 is 0.392 bits per heavy atom. The van der Waals surface area contributed by atoms with Crippen LogP contribution in [0.25, 0.3) is 83.4 Å². The van der Waals surface area contributed by atoms with E-state index in [9.17, 15) is 0 Å². The number of benzene rings is 8. The van der Waals surface area contributed by atoms with Crippen LogP contribution in [0.3, 0.4) is 0 Å². The summed E-state index contributed by atoms with van der Waals surface area (Å²) in [5, 5.41) is 2.29. The molecule has 3 heterocycles. The molecule has 11 aromatic rings. The van der Waals surface area contributed by atoms with Crippen LogP contribution in [-0.4, -0.2) is 14.1 Å². The lowest BCUT2D eigenvalue weighted by atomic mass is 9.77. The standard InChI is InChI=1S/C74H76N4O/c1-70(2,3)52-35-36-75-68(44-52)78-64-34-31-49(48-23-17-16-18-24-48)41-63(64)62-33-32-59(46-67(62)78)79-58-26-21-25-57(45-58)76-47-77(66-30-20-19-29-65(66)76)69-60(50-37-53(71(4,5)6)42-54(38-50)72(7,8)9)27-22-28-61(69)51-39-55(73(10,11)12)43-56(40-51)74(13,14)15/h16-46H,1-15H3. The van der Waals surface area contributed by atoms with Gasteiger partial charge in [-0.05, 0) is 143 Å². The Balaban J connectivity index is 1.08. The van der Waals surface area contributed by atoms with Gasteiger partial charge in [0.25, 0.3) is 6.33 Å². The van der Waals surface area contributed by atoms with E-state index in [1.165, 1.54) is 50.1 Å². The van der Waals surface area contributed by atoms with Gasteiger partial charge in [0.15, 0.2) is 0 Å². The van der Waals surface area contributed by atoms with E-state index in [2.05, 4.69) is 300 Å². The number of ether oxygens (including phenoxy) is 1. The fourth-order valence-electron chi connectivity index (χ4n) is 10.9. The molecule has 0 aliphatic carbocycles. The molecule has 0 amide bonds. The van der Waals surface area contributed by atoms with E-state index in [4.69, 9.17) is 9.72 Å². The number of fused-ring (bicyclic) bond motifs is 4. The Hall–Kier alpha value is -8.02. The average Bonchev–Trinajstić information content (AvgIpc) is 4.11. The first-order chi connectivity index (χ1) is 37.3. The van der Waals surface area contributed by atoms with Crippen molar-refractivity contribution in [2.24, 2.45) is 0 Å². The minimum absolute atomic E-state index is 0.0496. The molecular weight excluding hydrogens is 961 g/mol. The number of imidazole rings is 1. The molecule has 0 radical (unpaired) electrons. The molecule has 3 aromatic heterocycles. The molecule has 79 heavy (non-hydrogen) atoms.